The molecule has 120 valence electrons. The molecule has 1 aliphatic carbocycles. The van der Waals surface area contributed by atoms with Crippen LogP contribution in [0.1, 0.15) is 80.5 Å². The predicted molar refractivity (Wildman–Crippen MR) is 89.8 cm³/mol. The summed E-state index contributed by atoms with van der Waals surface area (Å²) in [4.78, 5) is 18.7. The Labute approximate surface area is 135 Å². The second-order valence-corrected chi connectivity index (χ2v) is 8.18. The van der Waals surface area contributed by atoms with E-state index in [2.05, 4.69) is 30.9 Å². The molecule has 3 rings (SSSR count). The van der Waals surface area contributed by atoms with Crippen LogP contribution in [0.2, 0.25) is 0 Å². The fourth-order valence-corrected chi connectivity index (χ4v) is 4.26. The lowest BCUT2D eigenvalue weighted by Gasteiger charge is -2.27. The number of Topliss-reactive ketones (excluding diaryl/α,β-unsaturated/α-hetero) is 1. The maximum atomic E-state index is 12.3. The van der Waals surface area contributed by atoms with E-state index in [1.807, 2.05) is 4.52 Å². The minimum atomic E-state index is 0.0321. The van der Waals surface area contributed by atoms with Gasteiger partial charge in [0.25, 0.3) is 0 Å². The SMILES string of the molecule is CCCCCCCc1nc2sc3c(n2n1)CC(C)(C)CC3=O. The van der Waals surface area contributed by atoms with Crippen molar-refractivity contribution in [2.24, 2.45) is 5.41 Å². The summed E-state index contributed by atoms with van der Waals surface area (Å²) in [5.74, 6) is 1.19. The number of thiazole rings is 1. The van der Waals surface area contributed by atoms with Crippen molar-refractivity contribution in [3.8, 4) is 0 Å². The van der Waals surface area contributed by atoms with Crippen LogP contribution in [0.25, 0.3) is 4.96 Å². The van der Waals surface area contributed by atoms with Crippen LogP contribution in [-0.2, 0) is 12.8 Å². The van der Waals surface area contributed by atoms with E-state index in [0.29, 0.717) is 6.42 Å². The first-order valence-electron chi connectivity index (χ1n) is 8.41. The molecule has 0 radical (unpaired) electrons. The van der Waals surface area contributed by atoms with Gasteiger partial charge in [0.15, 0.2) is 11.6 Å². The van der Waals surface area contributed by atoms with E-state index in [1.54, 1.807) is 0 Å². The number of ketones is 1. The molecule has 0 spiro atoms. The van der Waals surface area contributed by atoms with Crippen LogP contribution in [0.4, 0.5) is 0 Å². The van der Waals surface area contributed by atoms with E-state index in [0.717, 1.165) is 40.6 Å². The third-order valence-electron chi connectivity index (χ3n) is 4.37. The van der Waals surface area contributed by atoms with Gasteiger partial charge in [-0.3, -0.25) is 4.79 Å². The van der Waals surface area contributed by atoms with Gasteiger partial charge < -0.3 is 0 Å². The number of fused-ring (bicyclic) bond motifs is 3. The molecule has 5 heteroatoms. The van der Waals surface area contributed by atoms with E-state index in [1.165, 1.54) is 37.0 Å². The first kappa shape index (κ1) is 15.7. The zero-order valence-electron chi connectivity index (χ0n) is 13.8. The molecular formula is C17H25N3OS. The molecule has 0 N–H and O–H groups in total. The van der Waals surface area contributed by atoms with Crippen LogP contribution in [0.15, 0.2) is 0 Å². The first-order valence-corrected chi connectivity index (χ1v) is 9.22. The van der Waals surface area contributed by atoms with Gasteiger partial charge in [0, 0.05) is 12.8 Å². The second kappa shape index (κ2) is 6.11. The highest BCUT2D eigenvalue weighted by molar-refractivity contribution is 7.19. The van der Waals surface area contributed by atoms with E-state index >= 15 is 0 Å². The second-order valence-electron chi connectivity index (χ2n) is 7.21. The summed E-state index contributed by atoms with van der Waals surface area (Å²) in [6, 6.07) is 0. The molecule has 0 saturated carbocycles. The third-order valence-corrected chi connectivity index (χ3v) is 5.49. The number of hydrogen-bond donors (Lipinski definition) is 0. The Morgan fingerprint density at radius 2 is 1.95 bits per heavy atom. The Hall–Kier alpha value is -1.23. The molecule has 2 aromatic rings. The quantitative estimate of drug-likeness (QED) is 0.739. The molecule has 0 aliphatic heterocycles. The molecule has 2 heterocycles. The molecular weight excluding hydrogens is 294 g/mol. The Morgan fingerprint density at radius 3 is 2.73 bits per heavy atom. The van der Waals surface area contributed by atoms with E-state index in [4.69, 9.17) is 0 Å². The number of carbonyl (C=O) groups excluding carboxylic acids is 1. The smallest absolute Gasteiger partial charge is 0.213 e. The van der Waals surface area contributed by atoms with Crippen molar-refractivity contribution in [3.05, 3.63) is 16.4 Å². The molecule has 1 aliphatic rings. The van der Waals surface area contributed by atoms with Crippen molar-refractivity contribution in [2.75, 3.05) is 0 Å². The van der Waals surface area contributed by atoms with Gasteiger partial charge in [-0.05, 0) is 18.3 Å². The zero-order valence-corrected chi connectivity index (χ0v) is 14.6. The lowest BCUT2D eigenvalue weighted by atomic mass is 9.78. The van der Waals surface area contributed by atoms with E-state index in [9.17, 15) is 4.79 Å². The lowest BCUT2D eigenvalue weighted by Crippen LogP contribution is -2.27. The number of carbonyl (C=O) groups is 1. The first-order chi connectivity index (χ1) is 10.5. The maximum absolute atomic E-state index is 12.3. The van der Waals surface area contributed by atoms with E-state index < -0.39 is 0 Å². The van der Waals surface area contributed by atoms with Gasteiger partial charge in [-0.15, -0.1) is 0 Å². The predicted octanol–water partition coefficient (Wildman–Crippen LogP) is 4.46. The van der Waals surface area contributed by atoms with Gasteiger partial charge in [0.2, 0.25) is 4.96 Å². The van der Waals surface area contributed by atoms with Crippen molar-refractivity contribution in [1.29, 1.82) is 0 Å². The Kier molecular flexibility index (Phi) is 4.35. The fraction of sp³-hybridized carbons (Fsp3) is 0.706. The monoisotopic (exact) mass is 319 g/mol. The van der Waals surface area contributed by atoms with Crippen molar-refractivity contribution >= 4 is 22.1 Å². The van der Waals surface area contributed by atoms with Crippen molar-refractivity contribution in [2.45, 2.75) is 72.1 Å². The molecule has 0 fully saturated rings. The van der Waals surface area contributed by atoms with Crippen molar-refractivity contribution < 1.29 is 4.79 Å². The van der Waals surface area contributed by atoms with Crippen LogP contribution in [0.5, 0.6) is 0 Å². The summed E-state index contributed by atoms with van der Waals surface area (Å²) < 4.78 is 1.93. The molecule has 0 amide bonds. The van der Waals surface area contributed by atoms with E-state index in [-0.39, 0.29) is 11.2 Å². The molecule has 0 aromatic carbocycles. The summed E-state index contributed by atoms with van der Waals surface area (Å²) in [6.07, 6.45) is 8.79. The van der Waals surface area contributed by atoms with Crippen LogP contribution in [0, 0.1) is 5.41 Å². The number of nitrogens with zero attached hydrogens (tertiary/aromatic N) is 3. The van der Waals surface area contributed by atoms with Gasteiger partial charge in [0.1, 0.15) is 0 Å². The highest BCUT2D eigenvalue weighted by atomic mass is 32.1. The summed E-state index contributed by atoms with van der Waals surface area (Å²) in [7, 11) is 0. The van der Waals surface area contributed by atoms with Crippen LogP contribution in [0.3, 0.4) is 0 Å². The highest BCUT2D eigenvalue weighted by Gasteiger charge is 2.35. The van der Waals surface area contributed by atoms with Crippen molar-refractivity contribution in [1.82, 2.24) is 14.6 Å². The largest absolute Gasteiger partial charge is 0.293 e. The maximum Gasteiger partial charge on any atom is 0.213 e. The Bertz CT molecular complexity index is 683. The number of unbranched alkanes of at least 4 members (excludes halogenated alkanes) is 4. The summed E-state index contributed by atoms with van der Waals surface area (Å²) >= 11 is 1.52. The van der Waals surface area contributed by atoms with Gasteiger partial charge in [-0.25, -0.2) is 9.50 Å². The number of hydrogen-bond acceptors (Lipinski definition) is 4. The standard InChI is InChI=1S/C17H25N3OS/c1-4-5-6-7-8-9-14-18-16-20(19-14)12-10-17(2,3)11-13(21)15(12)22-16/h4-11H2,1-3H3. The Morgan fingerprint density at radius 1 is 1.18 bits per heavy atom. The number of aryl methyl sites for hydroxylation is 1. The minimum Gasteiger partial charge on any atom is -0.293 e. The van der Waals surface area contributed by atoms with Crippen LogP contribution < -0.4 is 0 Å². The average Bonchev–Trinajstić information content (AvgIpc) is 2.96. The van der Waals surface area contributed by atoms with Crippen molar-refractivity contribution in [3.63, 3.8) is 0 Å². The van der Waals surface area contributed by atoms with Crippen LogP contribution >= 0.6 is 11.3 Å². The molecule has 0 atom stereocenters. The molecule has 0 bridgehead atoms. The van der Waals surface area contributed by atoms with Gasteiger partial charge in [0.05, 0.1) is 10.6 Å². The Balaban J connectivity index is 1.75. The van der Waals surface area contributed by atoms with Crippen LogP contribution in [-0.4, -0.2) is 20.4 Å². The molecule has 0 unspecified atom stereocenters. The zero-order chi connectivity index (χ0) is 15.7. The number of aromatic nitrogens is 3. The topological polar surface area (TPSA) is 47.3 Å². The average molecular weight is 319 g/mol. The minimum absolute atomic E-state index is 0.0321. The summed E-state index contributed by atoms with van der Waals surface area (Å²) in [5, 5.41) is 4.67. The molecule has 0 saturated heterocycles. The molecule has 2 aromatic heterocycles. The lowest BCUT2D eigenvalue weighted by molar-refractivity contribution is 0.0915. The van der Waals surface area contributed by atoms with Gasteiger partial charge >= 0.3 is 0 Å². The molecule has 4 nitrogen and oxygen atoms in total. The third kappa shape index (κ3) is 3.09. The molecule has 22 heavy (non-hydrogen) atoms. The number of rotatable bonds is 6. The fourth-order valence-electron chi connectivity index (χ4n) is 3.22. The summed E-state index contributed by atoms with van der Waals surface area (Å²) in [6.45, 7) is 6.54. The highest BCUT2D eigenvalue weighted by Crippen LogP contribution is 2.38. The normalized spacial score (nSPS) is 17.1. The van der Waals surface area contributed by atoms with Gasteiger partial charge in [-0.1, -0.05) is 57.8 Å². The summed E-state index contributed by atoms with van der Waals surface area (Å²) in [5.41, 5.74) is 1.11. The van der Waals surface area contributed by atoms with Gasteiger partial charge in [-0.2, -0.15) is 5.10 Å².